The van der Waals surface area contributed by atoms with E-state index in [1.54, 1.807) is 13.2 Å². The minimum Gasteiger partial charge on any atom is -0.356 e. The maximum absolute atomic E-state index is 6.25. The first kappa shape index (κ1) is 17.5. The molecule has 0 radical (unpaired) electrons. The Balaban J connectivity index is 1.47. The fraction of sp³-hybridized carbons (Fsp3) is 0.471. The van der Waals surface area contributed by atoms with Crippen LogP contribution in [0.15, 0.2) is 35.7 Å². The van der Waals surface area contributed by atoms with Crippen LogP contribution < -0.4 is 15.5 Å². The van der Waals surface area contributed by atoms with Gasteiger partial charge in [0.2, 0.25) is 0 Å². The number of rotatable bonds is 5. The number of pyridine rings is 1. The molecule has 0 aromatic carbocycles. The molecule has 0 aliphatic carbocycles. The molecule has 7 nitrogen and oxygen atoms in total. The van der Waals surface area contributed by atoms with Crippen LogP contribution >= 0.6 is 11.6 Å². The third-order valence-corrected chi connectivity index (χ3v) is 4.55. The van der Waals surface area contributed by atoms with Crippen LogP contribution in [0.1, 0.15) is 12.0 Å². The Labute approximate surface area is 153 Å². The van der Waals surface area contributed by atoms with Crippen molar-refractivity contribution in [2.45, 2.75) is 18.9 Å². The molecular formula is C17H24ClN7. The summed E-state index contributed by atoms with van der Waals surface area (Å²) in [6.45, 7) is 2.61. The zero-order valence-corrected chi connectivity index (χ0v) is 15.4. The molecule has 0 amide bonds. The summed E-state index contributed by atoms with van der Waals surface area (Å²) < 4.78 is 1.82. The van der Waals surface area contributed by atoms with Gasteiger partial charge in [-0.3, -0.25) is 9.67 Å². The maximum Gasteiger partial charge on any atom is 0.191 e. The first-order valence-electron chi connectivity index (χ1n) is 8.46. The molecule has 1 atom stereocenters. The van der Waals surface area contributed by atoms with E-state index >= 15 is 0 Å². The number of hydrogen-bond donors (Lipinski definition) is 2. The van der Waals surface area contributed by atoms with Gasteiger partial charge < -0.3 is 15.5 Å². The molecule has 1 aliphatic rings. The van der Waals surface area contributed by atoms with E-state index in [0.29, 0.717) is 11.1 Å². The molecule has 8 heteroatoms. The average molecular weight is 362 g/mol. The summed E-state index contributed by atoms with van der Waals surface area (Å²) >= 11 is 6.25. The molecule has 2 aromatic rings. The van der Waals surface area contributed by atoms with Crippen molar-refractivity contribution in [1.29, 1.82) is 0 Å². The SMILES string of the molecule is CN=C(NCCc1cnn(C)c1)NC1CCN(c2ncccc2Cl)C1. The molecule has 3 rings (SSSR count). The molecule has 0 bridgehead atoms. The summed E-state index contributed by atoms with van der Waals surface area (Å²) in [5.74, 6) is 1.68. The summed E-state index contributed by atoms with van der Waals surface area (Å²) in [6.07, 6.45) is 7.64. The lowest BCUT2D eigenvalue weighted by atomic mass is 10.2. The van der Waals surface area contributed by atoms with E-state index in [1.165, 1.54) is 5.56 Å². The molecular weight excluding hydrogens is 338 g/mol. The van der Waals surface area contributed by atoms with Gasteiger partial charge in [-0.15, -0.1) is 0 Å². The standard InChI is InChI=1S/C17H24ClN7/c1-19-17(21-8-5-13-10-22-24(2)11-13)23-14-6-9-25(12-14)16-15(18)4-3-7-20-16/h3-4,7,10-11,14H,5-6,8-9,12H2,1-2H3,(H2,19,21,23). The van der Waals surface area contributed by atoms with E-state index in [4.69, 9.17) is 11.6 Å². The minimum absolute atomic E-state index is 0.322. The van der Waals surface area contributed by atoms with Crippen LogP contribution in [0.2, 0.25) is 5.02 Å². The van der Waals surface area contributed by atoms with Crippen LogP contribution in [0.25, 0.3) is 0 Å². The van der Waals surface area contributed by atoms with Crippen molar-refractivity contribution in [3.05, 3.63) is 41.3 Å². The predicted molar refractivity (Wildman–Crippen MR) is 101 cm³/mol. The second-order valence-corrected chi connectivity index (χ2v) is 6.56. The quantitative estimate of drug-likeness (QED) is 0.623. The second-order valence-electron chi connectivity index (χ2n) is 6.16. The molecule has 2 aromatic heterocycles. The van der Waals surface area contributed by atoms with Gasteiger partial charge in [0, 0.05) is 52.2 Å². The lowest BCUT2D eigenvalue weighted by Gasteiger charge is -2.20. The van der Waals surface area contributed by atoms with Crippen molar-refractivity contribution in [2.24, 2.45) is 12.0 Å². The third-order valence-electron chi connectivity index (χ3n) is 4.26. The Morgan fingerprint density at radius 2 is 2.36 bits per heavy atom. The number of aliphatic imine (C=N–C) groups is 1. The Kier molecular flexibility index (Phi) is 5.75. The Bertz CT molecular complexity index is 727. The van der Waals surface area contributed by atoms with Gasteiger partial charge in [0.15, 0.2) is 5.96 Å². The zero-order valence-electron chi connectivity index (χ0n) is 14.6. The number of anilines is 1. The third kappa shape index (κ3) is 4.63. The molecule has 2 N–H and O–H groups in total. The molecule has 134 valence electrons. The van der Waals surface area contributed by atoms with Gasteiger partial charge in [-0.1, -0.05) is 11.6 Å². The Hall–Kier alpha value is -2.28. The fourth-order valence-corrected chi connectivity index (χ4v) is 3.24. The van der Waals surface area contributed by atoms with E-state index in [9.17, 15) is 0 Å². The molecule has 1 unspecified atom stereocenters. The second kappa shape index (κ2) is 8.20. The monoisotopic (exact) mass is 361 g/mol. The number of halogens is 1. The van der Waals surface area contributed by atoms with Crippen molar-refractivity contribution in [3.63, 3.8) is 0 Å². The Morgan fingerprint density at radius 3 is 3.08 bits per heavy atom. The lowest BCUT2D eigenvalue weighted by molar-refractivity contribution is 0.648. The van der Waals surface area contributed by atoms with E-state index in [0.717, 1.165) is 44.3 Å². The van der Waals surface area contributed by atoms with Gasteiger partial charge in [0.05, 0.1) is 11.2 Å². The summed E-state index contributed by atoms with van der Waals surface area (Å²) in [5, 5.41) is 11.7. The Morgan fingerprint density at radius 1 is 1.48 bits per heavy atom. The number of guanidine groups is 1. The molecule has 0 spiro atoms. The summed E-state index contributed by atoms with van der Waals surface area (Å²) in [4.78, 5) is 10.9. The van der Waals surface area contributed by atoms with Crippen LogP contribution in [0.3, 0.4) is 0 Å². The van der Waals surface area contributed by atoms with Crippen molar-refractivity contribution >= 4 is 23.4 Å². The number of nitrogens with zero attached hydrogens (tertiary/aromatic N) is 5. The molecule has 0 saturated carbocycles. The highest BCUT2D eigenvalue weighted by atomic mass is 35.5. The molecule has 3 heterocycles. The van der Waals surface area contributed by atoms with Crippen molar-refractivity contribution in [1.82, 2.24) is 25.4 Å². The molecule has 25 heavy (non-hydrogen) atoms. The van der Waals surface area contributed by atoms with Gasteiger partial charge in [-0.05, 0) is 30.5 Å². The predicted octanol–water partition coefficient (Wildman–Crippen LogP) is 1.45. The highest BCUT2D eigenvalue weighted by molar-refractivity contribution is 6.32. The number of nitrogens with one attached hydrogen (secondary N) is 2. The van der Waals surface area contributed by atoms with Crippen LogP contribution in [0, 0.1) is 0 Å². The van der Waals surface area contributed by atoms with Crippen LogP contribution in [-0.4, -0.2) is 53.4 Å². The molecule has 1 aliphatic heterocycles. The number of aromatic nitrogens is 3. The normalized spacial score (nSPS) is 17.8. The average Bonchev–Trinajstić information content (AvgIpc) is 3.23. The summed E-state index contributed by atoms with van der Waals surface area (Å²) in [7, 11) is 3.72. The highest BCUT2D eigenvalue weighted by Crippen LogP contribution is 2.25. The van der Waals surface area contributed by atoms with Gasteiger partial charge in [-0.25, -0.2) is 4.98 Å². The van der Waals surface area contributed by atoms with Gasteiger partial charge >= 0.3 is 0 Å². The largest absolute Gasteiger partial charge is 0.356 e. The van der Waals surface area contributed by atoms with E-state index in [1.807, 2.05) is 36.3 Å². The minimum atomic E-state index is 0.322. The van der Waals surface area contributed by atoms with Crippen molar-refractivity contribution in [2.75, 3.05) is 31.6 Å². The molecule has 1 fully saturated rings. The van der Waals surface area contributed by atoms with E-state index in [-0.39, 0.29) is 0 Å². The highest BCUT2D eigenvalue weighted by Gasteiger charge is 2.25. The van der Waals surface area contributed by atoms with Crippen molar-refractivity contribution < 1.29 is 0 Å². The van der Waals surface area contributed by atoms with Crippen molar-refractivity contribution in [3.8, 4) is 0 Å². The van der Waals surface area contributed by atoms with Gasteiger partial charge in [-0.2, -0.15) is 5.10 Å². The maximum atomic E-state index is 6.25. The number of aryl methyl sites for hydroxylation is 1. The van der Waals surface area contributed by atoms with Crippen LogP contribution in [-0.2, 0) is 13.5 Å². The topological polar surface area (TPSA) is 70.4 Å². The summed E-state index contributed by atoms with van der Waals surface area (Å²) in [6, 6.07) is 4.05. The summed E-state index contributed by atoms with van der Waals surface area (Å²) in [5.41, 5.74) is 1.21. The van der Waals surface area contributed by atoms with Gasteiger partial charge in [0.25, 0.3) is 0 Å². The fourth-order valence-electron chi connectivity index (χ4n) is 2.99. The zero-order chi connectivity index (χ0) is 17.6. The van der Waals surface area contributed by atoms with E-state index in [2.05, 4.69) is 30.6 Å². The smallest absolute Gasteiger partial charge is 0.191 e. The van der Waals surface area contributed by atoms with E-state index < -0.39 is 0 Å². The number of hydrogen-bond acceptors (Lipinski definition) is 4. The first-order chi connectivity index (χ1) is 12.2. The first-order valence-corrected chi connectivity index (χ1v) is 8.83. The molecule has 1 saturated heterocycles. The lowest BCUT2D eigenvalue weighted by Crippen LogP contribution is -2.45. The van der Waals surface area contributed by atoms with Crippen LogP contribution in [0.4, 0.5) is 5.82 Å². The van der Waals surface area contributed by atoms with Crippen LogP contribution in [0.5, 0.6) is 0 Å². The van der Waals surface area contributed by atoms with Gasteiger partial charge in [0.1, 0.15) is 5.82 Å².